The van der Waals surface area contributed by atoms with Gasteiger partial charge in [0.1, 0.15) is 0 Å². The lowest BCUT2D eigenvalue weighted by molar-refractivity contribution is -0.153. The number of rotatable bonds is 4. The Labute approximate surface area is 81.3 Å². The fourth-order valence-electron chi connectivity index (χ4n) is 0.836. The van der Waals surface area contributed by atoms with E-state index in [0.29, 0.717) is 6.61 Å². The van der Waals surface area contributed by atoms with Gasteiger partial charge in [-0.3, -0.25) is 0 Å². The van der Waals surface area contributed by atoms with Crippen molar-refractivity contribution in [3.63, 3.8) is 0 Å². The fraction of sp³-hybridized carbons (Fsp3) is 0.444. The van der Waals surface area contributed by atoms with Gasteiger partial charge in [-0.1, -0.05) is 6.07 Å². The lowest BCUT2D eigenvalue weighted by atomic mass is 10.4. The van der Waals surface area contributed by atoms with E-state index in [-0.39, 0.29) is 5.97 Å². The molecule has 0 bridgehead atoms. The zero-order chi connectivity index (χ0) is 9.68. The molecule has 0 saturated carbocycles. The first-order chi connectivity index (χ1) is 6.24. The second-order valence-electron chi connectivity index (χ2n) is 2.56. The number of methoxy groups -OCH3 is 1. The van der Waals surface area contributed by atoms with Crippen LogP contribution in [0.25, 0.3) is 0 Å². The van der Waals surface area contributed by atoms with Gasteiger partial charge in [-0.15, -0.1) is 11.3 Å². The Morgan fingerprint density at radius 1 is 1.69 bits per heavy atom. The van der Waals surface area contributed by atoms with Crippen molar-refractivity contribution in [1.29, 1.82) is 0 Å². The molecule has 0 amide bonds. The van der Waals surface area contributed by atoms with E-state index in [9.17, 15) is 4.79 Å². The minimum absolute atomic E-state index is 0.337. The second-order valence-corrected chi connectivity index (χ2v) is 3.59. The van der Waals surface area contributed by atoms with Crippen LogP contribution >= 0.6 is 11.3 Å². The SMILES string of the molecule is COC(=O)[C@@H](C)OCc1cccs1. The van der Waals surface area contributed by atoms with Gasteiger partial charge in [-0.2, -0.15) is 0 Å². The van der Waals surface area contributed by atoms with E-state index in [4.69, 9.17) is 4.74 Å². The van der Waals surface area contributed by atoms with E-state index in [1.165, 1.54) is 7.11 Å². The van der Waals surface area contributed by atoms with E-state index >= 15 is 0 Å². The topological polar surface area (TPSA) is 35.5 Å². The van der Waals surface area contributed by atoms with Gasteiger partial charge >= 0.3 is 5.97 Å². The van der Waals surface area contributed by atoms with E-state index in [0.717, 1.165) is 4.88 Å². The van der Waals surface area contributed by atoms with Crippen molar-refractivity contribution < 1.29 is 14.3 Å². The van der Waals surface area contributed by atoms with Gasteiger partial charge in [0.25, 0.3) is 0 Å². The minimum Gasteiger partial charge on any atom is -0.467 e. The monoisotopic (exact) mass is 200 g/mol. The van der Waals surface area contributed by atoms with Gasteiger partial charge in [-0.05, 0) is 18.4 Å². The fourth-order valence-corrected chi connectivity index (χ4v) is 1.46. The Hall–Kier alpha value is -0.870. The summed E-state index contributed by atoms with van der Waals surface area (Å²) >= 11 is 1.61. The molecule has 0 aliphatic carbocycles. The first kappa shape index (κ1) is 10.2. The van der Waals surface area contributed by atoms with Crippen molar-refractivity contribution in [2.75, 3.05) is 7.11 Å². The van der Waals surface area contributed by atoms with Gasteiger partial charge in [0.15, 0.2) is 6.10 Å². The number of ether oxygens (including phenoxy) is 2. The third-order valence-corrected chi connectivity index (χ3v) is 2.44. The van der Waals surface area contributed by atoms with Crippen LogP contribution in [-0.4, -0.2) is 19.2 Å². The third-order valence-electron chi connectivity index (χ3n) is 1.59. The molecule has 1 heterocycles. The molecule has 3 nitrogen and oxygen atoms in total. The van der Waals surface area contributed by atoms with Crippen molar-refractivity contribution in [3.05, 3.63) is 22.4 Å². The van der Waals surface area contributed by atoms with E-state index in [2.05, 4.69) is 4.74 Å². The molecule has 0 aromatic carbocycles. The van der Waals surface area contributed by atoms with Crippen molar-refractivity contribution in [1.82, 2.24) is 0 Å². The third kappa shape index (κ3) is 3.16. The van der Waals surface area contributed by atoms with Crippen molar-refractivity contribution in [3.8, 4) is 0 Å². The highest BCUT2D eigenvalue weighted by molar-refractivity contribution is 7.09. The number of carbonyl (C=O) groups is 1. The average Bonchev–Trinajstić information content (AvgIpc) is 2.65. The molecule has 0 radical (unpaired) electrons. The Balaban J connectivity index is 2.30. The largest absolute Gasteiger partial charge is 0.467 e. The zero-order valence-corrected chi connectivity index (χ0v) is 8.47. The summed E-state index contributed by atoms with van der Waals surface area (Å²) in [7, 11) is 1.35. The summed E-state index contributed by atoms with van der Waals surface area (Å²) in [6.07, 6.45) is -0.493. The molecule has 0 N–H and O–H groups in total. The molecule has 0 saturated heterocycles. The normalized spacial score (nSPS) is 12.5. The number of hydrogen-bond acceptors (Lipinski definition) is 4. The molecule has 0 fully saturated rings. The highest BCUT2D eigenvalue weighted by atomic mass is 32.1. The van der Waals surface area contributed by atoms with Crippen LogP contribution in [-0.2, 0) is 20.9 Å². The van der Waals surface area contributed by atoms with Crippen LogP contribution in [0.2, 0.25) is 0 Å². The summed E-state index contributed by atoms with van der Waals surface area (Å²) in [6, 6.07) is 3.92. The Morgan fingerprint density at radius 2 is 2.46 bits per heavy atom. The van der Waals surface area contributed by atoms with E-state index in [1.807, 2.05) is 17.5 Å². The molecule has 0 aliphatic heterocycles. The van der Waals surface area contributed by atoms with Crippen LogP contribution in [0.5, 0.6) is 0 Å². The highest BCUT2D eigenvalue weighted by Gasteiger charge is 2.13. The summed E-state index contributed by atoms with van der Waals surface area (Å²) < 4.78 is 9.80. The molecule has 0 unspecified atom stereocenters. The van der Waals surface area contributed by atoms with Gasteiger partial charge < -0.3 is 9.47 Å². The van der Waals surface area contributed by atoms with Gasteiger partial charge in [0.05, 0.1) is 13.7 Å². The Bertz CT molecular complexity index is 256. The Kier molecular flexibility index (Phi) is 3.92. The number of carbonyl (C=O) groups excluding carboxylic acids is 1. The predicted molar refractivity (Wildman–Crippen MR) is 50.6 cm³/mol. The Morgan fingerprint density at radius 3 is 3.00 bits per heavy atom. The van der Waals surface area contributed by atoms with Crippen LogP contribution in [0.4, 0.5) is 0 Å². The van der Waals surface area contributed by atoms with Crippen LogP contribution in [0.15, 0.2) is 17.5 Å². The molecule has 1 atom stereocenters. The van der Waals surface area contributed by atoms with Crippen LogP contribution in [0, 0.1) is 0 Å². The molecule has 4 heteroatoms. The molecule has 1 aromatic rings. The van der Waals surface area contributed by atoms with Crippen molar-refractivity contribution in [2.24, 2.45) is 0 Å². The lowest BCUT2D eigenvalue weighted by Gasteiger charge is -2.09. The van der Waals surface area contributed by atoms with Gasteiger partial charge in [-0.25, -0.2) is 4.79 Å². The zero-order valence-electron chi connectivity index (χ0n) is 7.65. The summed E-state index contributed by atoms with van der Waals surface area (Å²) in [4.78, 5) is 12.0. The molecule has 0 aliphatic rings. The maximum Gasteiger partial charge on any atom is 0.334 e. The summed E-state index contributed by atoms with van der Waals surface area (Å²) in [5.74, 6) is -0.337. The van der Waals surface area contributed by atoms with Crippen LogP contribution in [0.1, 0.15) is 11.8 Å². The maximum absolute atomic E-state index is 10.9. The van der Waals surface area contributed by atoms with Gasteiger partial charge in [0, 0.05) is 4.88 Å². The molecular formula is C9H12O3S. The maximum atomic E-state index is 10.9. The van der Waals surface area contributed by atoms with E-state index < -0.39 is 6.10 Å². The number of thiophene rings is 1. The summed E-state index contributed by atoms with van der Waals surface area (Å²) in [6.45, 7) is 2.15. The summed E-state index contributed by atoms with van der Waals surface area (Å²) in [5, 5.41) is 1.97. The van der Waals surface area contributed by atoms with Crippen molar-refractivity contribution in [2.45, 2.75) is 19.6 Å². The average molecular weight is 200 g/mol. The lowest BCUT2D eigenvalue weighted by Crippen LogP contribution is -2.21. The van der Waals surface area contributed by atoms with Crippen LogP contribution in [0.3, 0.4) is 0 Å². The molecular weight excluding hydrogens is 188 g/mol. The molecule has 1 aromatic heterocycles. The molecule has 72 valence electrons. The summed E-state index contributed by atoms with van der Waals surface area (Å²) in [5.41, 5.74) is 0. The van der Waals surface area contributed by atoms with Crippen LogP contribution < -0.4 is 0 Å². The second kappa shape index (κ2) is 4.99. The predicted octanol–water partition coefficient (Wildman–Crippen LogP) is 1.83. The highest BCUT2D eigenvalue weighted by Crippen LogP contribution is 2.10. The quantitative estimate of drug-likeness (QED) is 0.695. The molecule has 0 spiro atoms. The number of hydrogen-bond donors (Lipinski definition) is 0. The van der Waals surface area contributed by atoms with Gasteiger partial charge in [0.2, 0.25) is 0 Å². The first-order valence-electron chi connectivity index (χ1n) is 3.96. The molecule has 1 rings (SSSR count). The standard InChI is InChI=1S/C9H12O3S/c1-7(9(10)11-2)12-6-8-4-3-5-13-8/h3-5,7H,6H2,1-2H3/t7-/m1/s1. The number of esters is 1. The minimum atomic E-state index is -0.493. The van der Waals surface area contributed by atoms with Crippen molar-refractivity contribution >= 4 is 17.3 Å². The first-order valence-corrected chi connectivity index (χ1v) is 4.84. The smallest absolute Gasteiger partial charge is 0.334 e. The molecule has 13 heavy (non-hydrogen) atoms. The van der Waals surface area contributed by atoms with E-state index in [1.54, 1.807) is 18.3 Å².